The Morgan fingerprint density at radius 1 is 1.27 bits per heavy atom. The van der Waals surface area contributed by atoms with Crippen molar-refractivity contribution >= 4 is 23.3 Å². The van der Waals surface area contributed by atoms with Crippen LogP contribution in [-0.4, -0.2) is 16.1 Å². The molecule has 1 heterocycles. The van der Waals surface area contributed by atoms with E-state index in [0.717, 1.165) is 0 Å². The van der Waals surface area contributed by atoms with Crippen LogP contribution in [-0.2, 0) is 0 Å². The number of hydrogen-bond acceptors (Lipinski definition) is 2. The average molecular weight is 222 g/mol. The Morgan fingerprint density at radius 3 is 2.60 bits per heavy atom. The molecule has 5 heteroatoms. The fraction of sp³-hybridized carbons (Fsp3) is 0. The zero-order valence-corrected chi connectivity index (χ0v) is 8.45. The summed E-state index contributed by atoms with van der Waals surface area (Å²) in [6, 6.07) is 8.34. The summed E-state index contributed by atoms with van der Waals surface area (Å²) in [6.45, 7) is 0. The van der Waals surface area contributed by atoms with E-state index in [4.69, 9.17) is 11.6 Å². The fourth-order valence-electron chi connectivity index (χ4n) is 1.12. The SMILES string of the molecule is O=C(Nc1ccn[nH]1)c1ccc(Cl)cc1. The van der Waals surface area contributed by atoms with E-state index in [0.29, 0.717) is 16.4 Å². The second-order valence-electron chi connectivity index (χ2n) is 2.93. The van der Waals surface area contributed by atoms with Gasteiger partial charge in [0.05, 0.1) is 6.20 Å². The number of carbonyl (C=O) groups excluding carboxylic acids is 1. The molecule has 0 unspecified atom stereocenters. The molecule has 15 heavy (non-hydrogen) atoms. The van der Waals surface area contributed by atoms with Crippen molar-refractivity contribution in [3.05, 3.63) is 47.1 Å². The third kappa shape index (κ3) is 2.35. The molecule has 2 aromatic rings. The van der Waals surface area contributed by atoms with E-state index in [2.05, 4.69) is 15.5 Å². The maximum atomic E-state index is 11.6. The molecule has 0 aliphatic carbocycles. The zero-order valence-electron chi connectivity index (χ0n) is 7.70. The zero-order chi connectivity index (χ0) is 10.7. The highest BCUT2D eigenvalue weighted by molar-refractivity contribution is 6.30. The van der Waals surface area contributed by atoms with Gasteiger partial charge in [0, 0.05) is 16.7 Å². The lowest BCUT2D eigenvalue weighted by molar-refractivity contribution is 0.102. The van der Waals surface area contributed by atoms with Gasteiger partial charge in [0.25, 0.3) is 5.91 Å². The Labute approximate surface area is 91.3 Å². The second kappa shape index (κ2) is 4.14. The van der Waals surface area contributed by atoms with Gasteiger partial charge in [0.2, 0.25) is 0 Å². The van der Waals surface area contributed by atoms with Crippen LogP contribution in [0, 0.1) is 0 Å². The minimum absolute atomic E-state index is 0.198. The number of aromatic nitrogens is 2. The number of anilines is 1. The number of aromatic amines is 1. The summed E-state index contributed by atoms with van der Waals surface area (Å²) in [4.78, 5) is 11.6. The lowest BCUT2D eigenvalue weighted by atomic mass is 10.2. The normalized spacial score (nSPS) is 9.93. The second-order valence-corrected chi connectivity index (χ2v) is 3.37. The number of amides is 1. The van der Waals surface area contributed by atoms with Gasteiger partial charge < -0.3 is 5.32 Å². The molecule has 1 aromatic carbocycles. The molecule has 0 aliphatic rings. The number of nitrogens with zero attached hydrogens (tertiary/aromatic N) is 1. The Balaban J connectivity index is 2.11. The highest BCUT2D eigenvalue weighted by Gasteiger charge is 2.05. The van der Waals surface area contributed by atoms with Crippen molar-refractivity contribution in [3.63, 3.8) is 0 Å². The maximum absolute atomic E-state index is 11.6. The van der Waals surface area contributed by atoms with Crippen molar-refractivity contribution in [1.29, 1.82) is 0 Å². The van der Waals surface area contributed by atoms with E-state index >= 15 is 0 Å². The van der Waals surface area contributed by atoms with Gasteiger partial charge in [0.1, 0.15) is 5.82 Å². The maximum Gasteiger partial charge on any atom is 0.256 e. The van der Waals surface area contributed by atoms with Gasteiger partial charge >= 0.3 is 0 Å². The number of nitrogens with one attached hydrogen (secondary N) is 2. The van der Waals surface area contributed by atoms with Crippen molar-refractivity contribution in [2.75, 3.05) is 5.32 Å². The molecule has 4 nitrogen and oxygen atoms in total. The van der Waals surface area contributed by atoms with Crippen molar-refractivity contribution in [1.82, 2.24) is 10.2 Å². The van der Waals surface area contributed by atoms with Crippen LogP contribution in [0.15, 0.2) is 36.5 Å². The van der Waals surface area contributed by atoms with Gasteiger partial charge in [-0.15, -0.1) is 0 Å². The minimum atomic E-state index is -0.198. The molecule has 0 saturated heterocycles. The lowest BCUT2D eigenvalue weighted by Gasteiger charge is -2.01. The lowest BCUT2D eigenvalue weighted by Crippen LogP contribution is -2.11. The van der Waals surface area contributed by atoms with Crippen molar-refractivity contribution < 1.29 is 4.79 Å². The highest BCUT2D eigenvalue weighted by atomic mass is 35.5. The monoisotopic (exact) mass is 221 g/mol. The number of rotatable bonds is 2. The molecular formula is C10H8ClN3O. The molecule has 0 atom stereocenters. The van der Waals surface area contributed by atoms with Crippen molar-refractivity contribution in [3.8, 4) is 0 Å². The smallest absolute Gasteiger partial charge is 0.256 e. The van der Waals surface area contributed by atoms with Crippen molar-refractivity contribution in [2.45, 2.75) is 0 Å². The fourth-order valence-corrected chi connectivity index (χ4v) is 1.25. The first-order valence-electron chi connectivity index (χ1n) is 4.32. The summed E-state index contributed by atoms with van der Waals surface area (Å²) >= 11 is 5.71. The van der Waals surface area contributed by atoms with Crippen molar-refractivity contribution in [2.24, 2.45) is 0 Å². The molecule has 0 spiro atoms. The minimum Gasteiger partial charge on any atom is -0.307 e. The van der Waals surface area contributed by atoms with Gasteiger partial charge in [-0.05, 0) is 24.3 Å². The van der Waals surface area contributed by atoms with Gasteiger partial charge in [-0.2, -0.15) is 5.10 Å². The number of H-pyrrole nitrogens is 1. The van der Waals surface area contributed by atoms with Crippen LogP contribution < -0.4 is 5.32 Å². The third-order valence-corrected chi connectivity index (χ3v) is 2.11. The summed E-state index contributed by atoms with van der Waals surface area (Å²) in [5.74, 6) is 0.367. The number of hydrogen-bond donors (Lipinski definition) is 2. The van der Waals surface area contributed by atoms with E-state index in [1.165, 1.54) is 0 Å². The molecule has 2 rings (SSSR count). The van der Waals surface area contributed by atoms with Crippen LogP contribution in [0.2, 0.25) is 5.02 Å². The van der Waals surface area contributed by atoms with Gasteiger partial charge in [-0.3, -0.25) is 9.89 Å². The van der Waals surface area contributed by atoms with Gasteiger partial charge in [-0.25, -0.2) is 0 Å². The third-order valence-electron chi connectivity index (χ3n) is 1.86. The molecular weight excluding hydrogens is 214 g/mol. The van der Waals surface area contributed by atoms with E-state index in [-0.39, 0.29) is 5.91 Å². The van der Waals surface area contributed by atoms with Crippen LogP contribution in [0.3, 0.4) is 0 Å². The molecule has 2 N–H and O–H groups in total. The number of halogens is 1. The first kappa shape index (κ1) is 9.73. The van der Waals surface area contributed by atoms with Crippen LogP contribution in [0.4, 0.5) is 5.82 Å². The van der Waals surface area contributed by atoms with E-state index < -0.39 is 0 Å². The summed E-state index contributed by atoms with van der Waals surface area (Å²) < 4.78 is 0. The highest BCUT2D eigenvalue weighted by Crippen LogP contribution is 2.10. The van der Waals surface area contributed by atoms with E-state index in [9.17, 15) is 4.79 Å². The van der Waals surface area contributed by atoms with E-state index in [1.54, 1.807) is 36.5 Å². The largest absolute Gasteiger partial charge is 0.307 e. The molecule has 0 saturated carbocycles. The quantitative estimate of drug-likeness (QED) is 0.818. The molecule has 0 bridgehead atoms. The molecule has 1 aromatic heterocycles. The molecule has 0 radical (unpaired) electrons. The predicted octanol–water partition coefficient (Wildman–Crippen LogP) is 2.32. The average Bonchev–Trinajstić information content (AvgIpc) is 2.71. The summed E-state index contributed by atoms with van der Waals surface area (Å²) in [6.07, 6.45) is 1.57. The Kier molecular flexibility index (Phi) is 2.69. The van der Waals surface area contributed by atoms with Crippen LogP contribution in [0.5, 0.6) is 0 Å². The summed E-state index contributed by atoms with van der Waals surface area (Å²) in [5, 5.41) is 9.63. The number of benzene rings is 1. The summed E-state index contributed by atoms with van der Waals surface area (Å²) in [7, 11) is 0. The predicted molar refractivity (Wildman–Crippen MR) is 58.0 cm³/mol. The Bertz CT molecular complexity index is 450. The van der Waals surface area contributed by atoms with Gasteiger partial charge in [0.15, 0.2) is 0 Å². The topological polar surface area (TPSA) is 57.8 Å². The Hall–Kier alpha value is -1.81. The first-order chi connectivity index (χ1) is 7.25. The van der Waals surface area contributed by atoms with E-state index in [1.807, 2.05) is 0 Å². The Morgan fingerprint density at radius 2 is 2.00 bits per heavy atom. The molecule has 1 amide bonds. The van der Waals surface area contributed by atoms with Crippen LogP contribution in [0.25, 0.3) is 0 Å². The molecule has 0 fully saturated rings. The standard InChI is InChI=1S/C10H8ClN3O/c11-8-3-1-7(2-4-8)10(15)13-9-5-6-12-14-9/h1-6H,(H2,12,13,14,15). The molecule has 76 valence electrons. The first-order valence-corrected chi connectivity index (χ1v) is 4.70. The summed E-state index contributed by atoms with van der Waals surface area (Å²) in [5.41, 5.74) is 0.550. The number of carbonyl (C=O) groups is 1. The molecule has 0 aliphatic heterocycles. The van der Waals surface area contributed by atoms with Crippen LogP contribution >= 0.6 is 11.6 Å². The van der Waals surface area contributed by atoms with Crippen LogP contribution in [0.1, 0.15) is 10.4 Å². The van der Waals surface area contributed by atoms with Gasteiger partial charge in [-0.1, -0.05) is 11.6 Å².